The van der Waals surface area contributed by atoms with Crippen LogP contribution < -0.4 is 5.73 Å². The second kappa shape index (κ2) is 3.17. The number of nitrogens with zero attached hydrogens (tertiary/aromatic N) is 1. The van der Waals surface area contributed by atoms with E-state index in [1.165, 1.54) is 12.1 Å². The summed E-state index contributed by atoms with van der Waals surface area (Å²) in [5.74, 6) is 0.174. The smallest absolute Gasteiger partial charge is 0.125 e. The van der Waals surface area contributed by atoms with Gasteiger partial charge in [-0.3, -0.25) is 4.99 Å². The van der Waals surface area contributed by atoms with E-state index in [1.54, 1.807) is 12.1 Å². The number of nitrogens with two attached hydrogens (primary N) is 1. The SMILES string of the molecule is NC(=NC1CC1)c1cccc(F)c1. The van der Waals surface area contributed by atoms with Gasteiger partial charge in [0.15, 0.2) is 0 Å². The highest BCUT2D eigenvalue weighted by Crippen LogP contribution is 2.23. The number of rotatable bonds is 2. The van der Waals surface area contributed by atoms with Gasteiger partial charge in [0.05, 0.1) is 6.04 Å². The van der Waals surface area contributed by atoms with Crippen molar-refractivity contribution in [2.24, 2.45) is 10.7 Å². The first kappa shape index (κ1) is 8.23. The molecule has 1 aromatic carbocycles. The summed E-state index contributed by atoms with van der Waals surface area (Å²) in [5, 5.41) is 0. The number of halogens is 1. The summed E-state index contributed by atoms with van der Waals surface area (Å²) in [4.78, 5) is 4.23. The number of amidine groups is 1. The van der Waals surface area contributed by atoms with Gasteiger partial charge in [0.25, 0.3) is 0 Å². The van der Waals surface area contributed by atoms with Crippen molar-refractivity contribution in [1.82, 2.24) is 0 Å². The van der Waals surface area contributed by atoms with Crippen molar-refractivity contribution in [3.63, 3.8) is 0 Å². The van der Waals surface area contributed by atoms with E-state index in [0.717, 1.165) is 12.8 Å². The first-order valence-corrected chi connectivity index (χ1v) is 4.35. The summed E-state index contributed by atoms with van der Waals surface area (Å²) < 4.78 is 12.8. The number of aliphatic imine (C=N–C) groups is 1. The molecule has 0 heterocycles. The molecule has 0 atom stereocenters. The Bertz CT molecular complexity index is 343. The quantitative estimate of drug-likeness (QED) is 0.543. The van der Waals surface area contributed by atoms with Crippen molar-refractivity contribution >= 4 is 5.84 Å². The third kappa shape index (κ3) is 2.05. The van der Waals surface area contributed by atoms with E-state index in [0.29, 0.717) is 17.4 Å². The molecule has 1 aliphatic carbocycles. The zero-order valence-corrected chi connectivity index (χ0v) is 7.20. The fraction of sp³-hybridized carbons (Fsp3) is 0.300. The van der Waals surface area contributed by atoms with Crippen LogP contribution in [0.4, 0.5) is 4.39 Å². The monoisotopic (exact) mass is 178 g/mol. The van der Waals surface area contributed by atoms with Crippen molar-refractivity contribution in [2.45, 2.75) is 18.9 Å². The van der Waals surface area contributed by atoms with Crippen LogP contribution in [0.2, 0.25) is 0 Å². The second-order valence-corrected chi connectivity index (χ2v) is 3.26. The van der Waals surface area contributed by atoms with Gasteiger partial charge in [0.1, 0.15) is 11.7 Å². The predicted molar refractivity (Wildman–Crippen MR) is 50.1 cm³/mol. The summed E-state index contributed by atoms with van der Waals surface area (Å²) in [6, 6.07) is 6.59. The van der Waals surface area contributed by atoms with Gasteiger partial charge in [-0.25, -0.2) is 4.39 Å². The molecular weight excluding hydrogens is 167 g/mol. The Morgan fingerprint density at radius 2 is 2.23 bits per heavy atom. The molecule has 0 bridgehead atoms. The minimum Gasteiger partial charge on any atom is -0.383 e. The molecule has 68 valence electrons. The molecule has 1 aliphatic rings. The lowest BCUT2D eigenvalue weighted by molar-refractivity contribution is 0.627. The Morgan fingerprint density at radius 1 is 1.46 bits per heavy atom. The largest absolute Gasteiger partial charge is 0.383 e. The molecular formula is C10H11FN2. The van der Waals surface area contributed by atoms with Gasteiger partial charge in [-0.1, -0.05) is 12.1 Å². The Balaban J connectivity index is 2.23. The van der Waals surface area contributed by atoms with Crippen molar-refractivity contribution in [3.8, 4) is 0 Å². The second-order valence-electron chi connectivity index (χ2n) is 3.26. The molecule has 1 aromatic rings. The minimum atomic E-state index is -0.272. The van der Waals surface area contributed by atoms with Gasteiger partial charge in [-0.2, -0.15) is 0 Å². The van der Waals surface area contributed by atoms with Gasteiger partial charge in [-0.05, 0) is 25.0 Å². The molecule has 1 saturated carbocycles. The molecule has 0 spiro atoms. The number of benzene rings is 1. The summed E-state index contributed by atoms with van der Waals surface area (Å²) in [5.41, 5.74) is 6.36. The minimum absolute atomic E-state index is 0.272. The standard InChI is InChI=1S/C10H11FN2/c11-8-3-1-2-7(6-8)10(12)13-9-4-5-9/h1-3,6,9H,4-5H2,(H2,12,13). The average Bonchev–Trinajstić information content (AvgIpc) is 2.88. The van der Waals surface area contributed by atoms with E-state index in [2.05, 4.69) is 4.99 Å². The highest BCUT2D eigenvalue weighted by molar-refractivity contribution is 5.97. The van der Waals surface area contributed by atoms with E-state index in [4.69, 9.17) is 5.73 Å². The maximum atomic E-state index is 12.8. The molecule has 2 nitrogen and oxygen atoms in total. The molecule has 13 heavy (non-hydrogen) atoms. The fourth-order valence-corrected chi connectivity index (χ4v) is 1.12. The van der Waals surface area contributed by atoms with Crippen LogP contribution in [0.15, 0.2) is 29.3 Å². The van der Waals surface area contributed by atoms with Gasteiger partial charge in [0, 0.05) is 5.56 Å². The molecule has 3 heteroatoms. The Kier molecular flexibility index (Phi) is 2.00. The van der Waals surface area contributed by atoms with Crippen LogP contribution >= 0.6 is 0 Å². The van der Waals surface area contributed by atoms with Crippen molar-refractivity contribution in [3.05, 3.63) is 35.6 Å². The van der Waals surface area contributed by atoms with Crippen LogP contribution in [0, 0.1) is 5.82 Å². The normalized spacial score (nSPS) is 17.5. The lowest BCUT2D eigenvalue weighted by atomic mass is 10.2. The van der Waals surface area contributed by atoms with E-state index < -0.39 is 0 Å². The van der Waals surface area contributed by atoms with E-state index in [-0.39, 0.29) is 5.82 Å². The van der Waals surface area contributed by atoms with Crippen molar-refractivity contribution < 1.29 is 4.39 Å². The first-order valence-electron chi connectivity index (χ1n) is 4.35. The van der Waals surface area contributed by atoms with Crippen molar-refractivity contribution in [2.75, 3.05) is 0 Å². The predicted octanol–water partition coefficient (Wildman–Crippen LogP) is 1.69. The highest BCUT2D eigenvalue weighted by atomic mass is 19.1. The summed E-state index contributed by atoms with van der Waals surface area (Å²) in [6.45, 7) is 0. The maximum absolute atomic E-state index is 12.8. The number of hydrogen-bond acceptors (Lipinski definition) is 1. The van der Waals surface area contributed by atoms with Gasteiger partial charge < -0.3 is 5.73 Å². The third-order valence-corrected chi connectivity index (χ3v) is 1.99. The summed E-state index contributed by atoms with van der Waals surface area (Å²) in [6.07, 6.45) is 2.21. The lowest BCUT2D eigenvalue weighted by Crippen LogP contribution is -2.14. The van der Waals surface area contributed by atoms with Crippen molar-refractivity contribution in [1.29, 1.82) is 0 Å². The van der Waals surface area contributed by atoms with E-state index in [1.807, 2.05) is 0 Å². The Labute approximate surface area is 76.3 Å². The number of hydrogen-bond donors (Lipinski definition) is 1. The van der Waals surface area contributed by atoms with Crippen LogP contribution in [-0.2, 0) is 0 Å². The molecule has 2 rings (SSSR count). The third-order valence-electron chi connectivity index (χ3n) is 1.99. The fourth-order valence-electron chi connectivity index (χ4n) is 1.12. The topological polar surface area (TPSA) is 38.4 Å². The van der Waals surface area contributed by atoms with Crippen LogP contribution in [0.5, 0.6) is 0 Å². The highest BCUT2D eigenvalue weighted by Gasteiger charge is 2.20. The van der Waals surface area contributed by atoms with Gasteiger partial charge in [-0.15, -0.1) is 0 Å². The molecule has 2 N–H and O–H groups in total. The molecule has 1 fully saturated rings. The lowest BCUT2D eigenvalue weighted by Gasteiger charge is -1.99. The van der Waals surface area contributed by atoms with Crippen LogP contribution in [0.25, 0.3) is 0 Å². The molecule has 0 aliphatic heterocycles. The van der Waals surface area contributed by atoms with E-state index in [9.17, 15) is 4.39 Å². The van der Waals surface area contributed by atoms with Crippen LogP contribution in [0.3, 0.4) is 0 Å². The molecule has 0 amide bonds. The molecule has 0 saturated heterocycles. The molecule has 0 radical (unpaired) electrons. The first-order chi connectivity index (χ1) is 6.25. The Hall–Kier alpha value is -1.38. The molecule has 0 unspecified atom stereocenters. The zero-order valence-electron chi connectivity index (χ0n) is 7.20. The van der Waals surface area contributed by atoms with Crippen LogP contribution in [0.1, 0.15) is 18.4 Å². The van der Waals surface area contributed by atoms with E-state index >= 15 is 0 Å². The summed E-state index contributed by atoms with van der Waals surface area (Å²) >= 11 is 0. The van der Waals surface area contributed by atoms with Crippen LogP contribution in [-0.4, -0.2) is 11.9 Å². The zero-order chi connectivity index (χ0) is 9.26. The van der Waals surface area contributed by atoms with Gasteiger partial charge >= 0.3 is 0 Å². The summed E-state index contributed by atoms with van der Waals surface area (Å²) in [7, 11) is 0. The molecule has 0 aromatic heterocycles. The maximum Gasteiger partial charge on any atom is 0.125 e. The Morgan fingerprint density at radius 3 is 2.85 bits per heavy atom. The average molecular weight is 178 g/mol. The van der Waals surface area contributed by atoms with Gasteiger partial charge in [0.2, 0.25) is 0 Å².